The van der Waals surface area contributed by atoms with Gasteiger partial charge < -0.3 is 5.11 Å². The van der Waals surface area contributed by atoms with Crippen LogP contribution < -0.4 is 0 Å². The van der Waals surface area contributed by atoms with Gasteiger partial charge in [0.25, 0.3) is 0 Å². The fourth-order valence-corrected chi connectivity index (χ4v) is 1.60. The van der Waals surface area contributed by atoms with Gasteiger partial charge in [0.2, 0.25) is 0 Å². The Balaban J connectivity index is 2.94. The number of rotatable bonds is 0. The van der Waals surface area contributed by atoms with E-state index in [0.717, 1.165) is 22.2 Å². The van der Waals surface area contributed by atoms with E-state index in [1.165, 1.54) is 0 Å². The minimum absolute atomic E-state index is 0.320. The fraction of sp³-hybridized carbons (Fsp3) is 0.300. The van der Waals surface area contributed by atoms with Crippen molar-refractivity contribution in [1.29, 1.82) is 0 Å². The summed E-state index contributed by atoms with van der Waals surface area (Å²) in [4.78, 5) is 0. The zero-order valence-corrected chi connectivity index (χ0v) is 8.00. The first kappa shape index (κ1) is 8.10. The van der Waals surface area contributed by atoms with Gasteiger partial charge in [-0.25, -0.2) is 0 Å². The Kier molecular flexibility index (Phi) is 1.55. The molecule has 2 rings (SSSR count). The van der Waals surface area contributed by atoms with Crippen molar-refractivity contribution in [2.75, 3.05) is 0 Å². The number of hydrogen-bond donors (Lipinski definition) is 1. The highest BCUT2D eigenvalue weighted by Crippen LogP contribution is 2.28. The predicted molar refractivity (Wildman–Crippen MR) is 51.9 cm³/mol. The van der Waals surface area contributed by atoms with Gasteiger partial charge in [-0.1, -0.05) is 0 Å². The summed E-state index contributed by atoms with van der Waals surface area (Å²) in [5.41, 5.74) is 2.88. The molecule has 1 aromatic heterocycles. The Morgan fingerprint density at radius 3 is 2.69 bits per heavy atom. The van der Waals surface area contributed by atoms with Gasteiger partial charge in [0.1, 0.15) is 5.75 Å². The summed E-state index contributed by atoms with van der Waals surface area (Å²) in [7, 11) is 1.88. The number of aromatic nitrogens is 2. The van der Waals surface area contributed by atoms with Gasteiger partial charge in [-0.2, -0.15) is 5.10 Å². The first-order valence-electron chi connectivity index (χ1n) is 4.22. The highest BCUT2D eigenvalue weighted by Gasteiger charge is 2.09. The van der Waals surface area contributed by atoms with E-state index in [4.69, 9.17) is 0 Å². The number of nitrogens with zero attached hydrogens (tertiary/aromatic N) is 2. The first-order valence-corrected chi connectivity index (χ1v) is 4.22. The molecule has 0 fully saturated rings. The van der Waals surface area contributed by atoms with E-state index in [1.54, 1.807) is 10.7 Å². The summed E-state index contributed by atoms with van der Waals surface area (Å²) in [6.45, 7) is 3.90. The number of hydrogen-bond acceptors (Lipinski definition) is 2. The maximum absolute atomic E-state index is 9.69. The topological polar surface area (TPSA) is 38.0 Å². The maximum Gasteiger partial charge on any atom is 0.127 e. The lowest BCUT2D eigenvalue weighted by molar-refractivity contribution is 0.481. The van der Waals surface area contributed by atoms with E-state index < -0.39 is 0 Å². The van der Waals surface area contributed by atoms with Crippen molar-refractivity contribution >= 4 is 10.9 Å². The zero-order chi connectivity index (χ0) is 9.59. The van der Waals surface area contributed by atoms with Crippen LogP contribution >= 0.6 is 0 Å². The minimum atomic E-state index is 0.320. The van der Waals surface area contributed by atoms with Crippen LogP contribution in [0.1, 0.15) is 11.3 Å². The third-order valence-electron chi connectivity index (χ3n) is 2.35. The fourth-order valence-electron chi connectivity index (χ4n) is 1.60. The summed E-state index contributed by atoms with van der Waals surface area (Å²) in [6, 6.07) is 3.74. The van der Waals surface area contributed by atoms with Crippen LogP contribution in [0.15, 0.2) is 12.1 Å². The van der Waals surface area contributed by atoms with Crippen molar-refractivity contribution in [2.24, 2.45) is 7.05 Å². The number of phenolic OH excluding ortho intramolecular Hbond substituents is 1. The molecule has 0 unspecified atom stereocenters. The molecule has 3 nitrogen and oxygen atoms in total. The molecule has 0 saturated carbocycles. The molecule has 1 N–H and O–H groups in total. The second kappa shape index (κ2) is 2.49. The molecule has 0 aliphatic heterocycles. The van der Waals surface area contributed by atoms with Crippen LogP contribution in [-0.2, 0) is 7.05 Å². The van der Waals surface area contributed by atoms with E-state index >= 15 is 0 Å². The Morgan fingerprint density at radius 1 is 1.31 bits per heavy atom. The lowest BCUT2D eigenvalue weighted by atomic mass is 10.1. The summed E-state index contributed by atoms with van der Waals surface area (Å²) in [5.74, 6) is 0.320. The van der Waals surface area contributed by atoms with Crippen molar-refractivity contribution in [3.63, 3.8) is 0 Å². The molecule has 0 saturated heterocycles. The molecular formula is C10H12N2O. The summed E-state index contributed by atoms with van der Waals surface area (Å²) < 4.78 is 1.78. The second-order valence-electron chi connectivity index (χ2n) is 3.39. The SMILES string of the molecule is Cc1cc(O)c2c(C)n(C)nc2c1. The third-order valence-corrected chi connectivity index (χ3v) is 2.35. The second-order valence-corrected chi connectivity index (χ2v) is 3.39. The Hall–Kier alpha value is -1.51. The molecule has 0 radical (unpaired) electrons. The summed E-state index contributed by atoms with van der Waals surface area (Å²) >= 11 is 0. The molecule has 13 heavy (non-hydrogen) atoms. The van der Waals surface area contributed by atoms with Crippen LogP contribution in [-0.4, -0.2) is 14.9 Å². The highest BCUT2D eigenvalue weighted by atomic mass is 16.3. The Morgan fingerprint density at radius 2 is 2.00 bits per heavy atom. The van der Waals surface area contributed by atoms with Gasteiger partial charge in [0, 0.05) is 12.7 Å². The van der Waals surface area contributed by atoms with Gasteiger partial charge in [-0.3, -0.25) is 4.68 Å². The Labute approximate surface area is 76.6 Å². The molecule has 0 atom stereocenters. The smallest absolute Gasteiger partial charge is 0.127 e. The van der Waals surface area contributed by atoms with Gasteiger partial charge in [-0.05, 0) is 31.5 Å². The van der Waals surface area contributed by atoms with E-state index in [-0.39, 0.29) is 0 Å². The average Bonchev–Trinajstić information content (AvgIpc) is 2.27. The number of phenols is 1. The van der Waals surface area contributed by atoms with Crippen LogP contribution in [0.25, 0.3) is 10.9 Å². The predicted octanol–water partition coefficient (Wildman–Crippen LogP) is 1.90. The van der Waals surface area contributed by atoms with Crippen molar-refractivity contribution in [3.05, 3.63) is 23.4 Å². The van der Waals surface area contributed by atoms with Crippen LogP contribution in [0, 0.1) is 13.8 Å². The van der Waals surface area contributed by atoms with E-state index in [2.05, 4.69) is 5.10 Å². The quantitative estimate of drug-likeness (QED) is 0.665. The lowest BCUT2D eigenvalue weighted by Crippen LogP contribution is -1.91. The molecule has 0 spiro atoms. The molecule has 0 aliphatic carbocycles. The molecule has 2 aromatic rings. The van der Waals surface area contributed by atoms with Crippen LogP contribution in [0.3, 0.4) is 0 Å². The summed E-state index contributed by atoms with van der Waals surface area (Å²) in [6.07, 6.45) is 0. The first-order chi connectivity index (χ1) is 6.09. The standard InChI is InChI=1S/C10H12N2O/c1-6-4-8-10(9(13)5-6)7(2)12(3)11-8/h4-5,13H,1-3H3. The van der Waals surface area contributed by atoms with E-state index in [0.29, 0.717) is 5.75 Å². The van der Waals surface area contributed by atoms with Crippen LogP contribution in [0.2, 0.25) is 0 Å². The average molecular weight is 176 g/mol. The molecule has 68 valence electrons. The number of fused-ring (bicyclic) bond motifs is 1. The molecule has 0 aliphatic rings. The summed E-state index contributed by atoms with van der Waals surface area (Å²) in [5, 5.41) is 14.8. The van der Waals surface area contributed by atoms with Gasteiger partial charge in [-0.15, -0.1) is 0 Å². The molecule has 0 bridgehead atoms. The van der Waals surface area contributed by atoms with Crippen LogP contribution in [0.5, 0.6) is 5.75 Å². The monoisotopic (exact) mass is 176 g/mol. The largest absolute Gasteiger partial charge is 0.507 e. The Bertz CT molecular complexity index is 471. The number of aryl methyl sites for hydroxylation is 3. The molecular weight excluding hydrogens is 164 g/mol. The highest BCUT2D eigenvalue weighted by molar-refractivity contribution is 5.88. The molecule has 3 heteroatoms. The minimum Gasteiger partial charge on any atom is -0.507 e. The molecule has 1 heterocycles. The van der Waals surface area contributed by atoms with Gasteiger partial charge in [0.05, 0.1) is 10.9 Å². The zero-order valence-electron chi connectivity index (χ0n) is 8.00. The lowest BCUT2D eigenvalue weighted by Gasteiger charge is -1.97. The van der Waals surface area contributed by atoms with Crippen molar-refractivity contribution < 1.29 is 5.11 Å². The maximum atomic E-state index is 9.69. The van der Waals surface area contributed by atoms with Gasteiger partial charge in [0.15, 0.2) is 0 Å². The number of benzene rings is 1. The third kappa shape index (κ3) is 1.08. The van der Waals surface area contributed by atoms with E-state index in [1.807, 2.05) is 27.0 Å². The normalized spacial score (nSPS) is 11.0. The van der Waals surface area contributed by atoms with Gasteiger partial charge >= 0.3 is 0 Å². The number of aromatic hydroxyl groups is 1. The molecule has 1 aromatic carbocycles. The van der Waals surface area contributed by atoms with Crippen molar-refractivity contribution in [1.82, 2.24) is 9.78 Å². The van der Waals surface area contributed by atoms with E-state index in [9.17, 15) is 5.11 Å². The molecule has 0 amide bonds. The van der Waals surface area contributed by atoms with Crippen LogP contribution in [0.4, 0.5) is 0 Å². The van der Waals surface area contributed by atoms with Crippen molar-refractivity contribution in [3.8, 4) is 5.75 Å². The van der Waals surface area contributed by atoms with Crippen molar-refractivity contribution in [2.45, 2.75) is 13.8 Å².